The molecular weight excluding hydrogens is 393 g/mol. The second-order valence-corrected chi connectivity index (χ2v) is 10.0. The Morgan fingerprint density at radius 1 is 1.64 bits per heavy atom. The van der Waals surface area contributed by atoms with Gasteiger partial charge in [-0.1, -0.05) is 34.8 Å². The molecular formula is C11H12Cl3N3O3S2. The third-order valence-corrected chi connectivity index (χ3v) is 6.44. The molecule has 2 fully saturated rings. The molecule has 22 heavy (non-hydrogen) atoms. The molecule has 0 aromatic rings. The van der Waals surface area contributed by atoms with E-state index in [1.165, 1.54) is 16.7 Å². The first kappa shape index (κ1) is 18.3. The summed E-state index contributed by atoms with van der Waals surface area (Å²) in [6.07, 6.45) is 0. The van der Waals surface area contributed by atoms with Crippen LogP contribution in [0.5, 0.6) is 0 Å². The van der Waals surface area contributed by atoms with E-state index in [-0.39, 0.29) is 11.3 Å². The number of nitrogens with zero attached hydrogens (tertiary/aromatic N) is 2. The summed E-state index contributed by atoms with van der Waals surface area (Å²) >= 11 is 19.1. The number of nitriles is 1. The van der Waals surface area contributed by atoms with E-state index < -0.39 is 33.2 Å². The quantitative estimate of drug-likeness (QED) is 0.328. The summed E-state index contributed by atoms with van der Waals surface area (Å²) in [5.74, 6) is -0.643. The molecule has 2 aliphatic heterocycles. The van der Waals surface area contributed by atoms with Crippen LogP contribution >= 0.6 is 58.3 Å². The van der Waals surface area contributed by atoms with Gasteiger partial charge in [0.1, 0.15) is 29.5 Å². The molecule has 0 spiro atoms. The minimum atomic E-state index is -1.73. The summed E-state index contributed by atoms with van der Waals surface area (Å²) < 4.78 is 2.60. The molecule has 122 valence electrons. The number of carbonyl (C=O) groups excluding carboxylic acids is 2. The SMILES string of the molecule is CC1(CSC#N)S[C@H]2C(N)C(=O)N2C1C(=O)OCC(Cl)(Cl)Cl. The van der Waals surface area contributed by atoms with Crippen LogP contribution in [0.2, 0.25) is 0 Å². The summed E-state index contributed by atoms with van der Waals surface area (Å²) in [5, 5.41) is 10.4. The molecule has 2 saturated heterocycles. The molecule has 0 saturated carbocycles. The monoisotopic (exact) mass is 403 g/mol. The number of hydrogen-bond acceptors (Lipinski definition) is 7. The van der Waals surface area contributed by atoms with Gasteiger partial charge in [0.25, 0.3) is 0 Å². The van der Waals surface area contributed by atoms with Crippen molar-refractivity contribution in [3.05, 3.63) is 0 Å². The maximum Gasteiger partial charge on any atom is 0.330 e. The maximum atomic E-state index is 12.4. The van der Waals surface area contributed by atoms with Crippen molar-refractivity contribution < 1.29 is 14.3 Å². The van der Waals surface area contributed by atoms with Gasteiger partial charge in [-0.15, -0.1) is 11.8 Å². The minimum Gasteiger partial charge on any atom is -0.460 e. The van der Waals surface area contributed by atoms with Gasteiger partial charge in [-0.3, -0.25) is 4.79 Å². The van der Waals surface area contributed by atoms with Crippen molar-refractivity contribution in [3.8, 4) is 5.40 Å². The molecule has 2 heterocycles. The predicted octanol–water partition coefficient (Wildman–Crippen LogP) is 1.48. The highest BCUT2D eigenvalue weighted by molar-refractivity contribution is 8.06. The van der Waals surface area contributed by atoms with E-state index in [2.05, 4.69) is 0 Å². The molecule has 0 radical (unpaired) electrons. The van der Waals surface area contributed by atoms with E-state index in [1.54, 1.807) is 6.92 Å². The van der Waals surface area contributed by atoms with Crippen molar-refractivity contribution in [1.29, 1.82) is 5.26 Å². The van der Waals surface area contributed by atoms with Crippen molar-refractivity contribution in [1.82, 2.24) is 4.90 Å². The van der Waals surface area contributed by atoms with Gasteiger partial charge in [-0.25, -0.2) is 4.79 Å². The predicted molar refractivity (Wildman–Crippen MR) is 87.7 cm³/mol. The lowest BCUT2D eigenvalue weighted by Crippen LogP contribution is -2.69. The van der Waals surface area contributed by atoms with Crippen LogP contribution < -0.4 is 5.73 Å². The average molecular weight is 405 g/mol. The van der Waals surface area contributed by atoms with E-state index in [4.69, 9.17) is 50.5 Å². The van der Waals surface area contributed by atoms with Gasteiger partial charge in [-0.05, 0) is 18.7 Å². The Morgan fingerprint density at radius 3 is 2.82 bits per heavy atom. The van der Waals surface area contributed by atoms with Crippen molar-refractivity contribution in [3.63, 3.8) is 0 Å². The highest BCUT2D eigenvalue weighted by Crippen LogP contribution is 2.52. The fourth-order valence-corrected chi connectivity index (χ4v) is 5.05. The van der Waals surface area contributed by atoms with Gasteiger partial charge in [0.05, 0.1) is 4.75 Å². The minimum absolute atomic E-state index is 0.304. The lowest BCUT2D eigenvalue weighted by atomic mass is 9.96. The number of thiocyanates is 1. The van der Waals surface area contributed by atoms with Crippen LogP contribution in [0.3, 0.4) is 0 Å². The van der Waals surface area contributed by atoms with Crippen LogP contribution in [0.25, 0.3) is 0 Å². The molecule has 0 aromatic carbocycles. The van der Waals surface area contributed by atoms with Crippen molar-refractivity contribution in [2.24, 2.45) is 5.73 Å². The van der Waals surface area contributed by atoms with Gasteiger partial charge in [0.2, 0.25) is 9.70 Å². The first-order valence-corrected chi connectivity index (χ1v) is 9.10. The summed E-state index contributed by atoms with van der Waals surface area (Å²) in [7, 11) is 0. The van der Waals surface area contributed by atoms with Gasteiger partial charge in [-0.2, -0.15) is 5.26 Å². The molecule has 2 N–H and O–H groups in total. The average Bonchev–Trinajstić information content (AvgIpc) is 2.72. The van der Waals surface area contributed by atoms with Crippen LogP contribution in [-0.2, 0) is 14.3 Å². The molecule has 2 aliphatic rings. The van der Waals surface area contributed by atoms with Crippen molar-refractivity contribution >= 4 is 70.2 Å². The number of carbonyl (C=O) groups is 2. The third-order valence-electron chi connectivity index (χ3n) is 3.39. The Labute approximate surface area is 150 Å². The lowest BCUT2D eigenvalue weighted by Gasteiger charge is -2.42. The Kier molecular flexibility index (Phi) is 5.37. The number of amides is 1. The molecule has 1 amide bonds. The van der Waals surface area contributed by atoms with E-state index in [0.717, 1.165) is 11.8 Å². The number of ether oxygens (including phenoxy) is 1. The second kappa shape index (κ2) is 6.46. The maximum absolute atomic E-state index is 12.4. The fraction of sp³-hybridized carbons (Fsp3) is 0.727. The van der Waals surface area contributed by atoms with E-state index in [0.29, 0.717) is 5.75 Å². The summed E-state index contributed by atoms with van der Waals surface area (Å²) in [6, 6.07) is -1.51. The standard InChI is InChI=1S/C11H12Cl3N3O3S2/c1-10(3-21-4-15)6(9(19)20-2-11(12,13)14)17-7(18)5(16)8(17)22-10/h5-6,8H,2-3,16H2,1H3/t5?,6?,8-,10?/m0/s1. The van der Waals surface area contributed by atoms with Gasteiger partial charge in [0.15, 0.2) is 0 Å². The Bertz CT molecular complexity index is 539. The molecule has 6 nitrogen and oxygen atoms in total. The third kappa shape index (κ3) is 3.40. The molecule has 2 rings (SSSR count). The van der Waals surface area contributed by atoms with E-state index in [1.807, 2.05) is 5.40 Å². The zero-order valence-electron chi connectivity index (χ0n) is 11.3. The largest absolute Gasteiger partial charge is 0.460 e. The number of thioether (sulfide) groups is 2. The van der Waals surface area contributed by atoms with Crippen LogP contribution in [0.4, 0.5) is 0 Å². The number of rotatable bonds is 4. The highest BCUT2D eigenvalue weighted by Gasteiger charge is 2.64. The number of esters is 1. The molecule has 0 aliphatic carbocycles. The number of hydrogen-bond donors (Lipinski definition) is 1. The fourth-order valence-electron chi connectivity index (χ4n) is 2.43. The topological polar surface area (TPSA) is 96.4 Å². The Hall–Kier alpha value is -0.0400. The molecule has 0 bridgehead atoms. The zero-order valence-corrected chi connectivity index (χ0v) is 15.2. The lowest BCUT2D eigenvalue weighted by molar-refractivity contribution is -0.162. The van der Waals surface area contributed by atoms with Crippen molar-refractivity contribution in [2.45, 2.75) is 32.9 Å². The Morgan fingerprint density at radius 2 is 2.27 bits per heavy atom. The van der Waals surface area contributed by atoms with Crippen LogP contribution in [-0.4, -0.2) is 55.1 Å². The second-order valence-electron chi connectivity index (χ2n) is 5.10. The molecule has 11 heteroatoms. The summed E-state index contributed by atoms with van der Waals surface area (Å²) in [5.41, 5.74) is 5.76. The Balaban J connectivity index is 2.18. The number of halogens is 3. The van der Waals surface area contributed by atoms with E-state index in [9.17, 15) is 9.59 Å². The number of β-lactam (4-membered cyclic amide) rings is 1. The normalized spacial score (nSPS) is 33.9. The molecule has 3 unspecified atom stereocenters. The number of fused-ring (bicyclic) bond motifs is 1. The van der Waals surface area contributed by atoms with Crippen molar-refractivity contribution in [2.75, 3.05) is 12.4 Å². The van der Waals surface area contributed by atoms with Crippen LogP contribution in [0.15, 0.2) is 0 Å². The number of alkyl halides is 3. The first-order chi connectivity index (χ1) is 10.1. The first-order valence-electron chi connectivity index (χ1n) is 6.10. The summed E-state index contributed by atoms with van der Waals surface area (Å²) in [4.78, 5) is 25.7. The van der Waals surface area contributed by atoms with E-state index >= 15 is 0 Å². The summed E-state index contributed by atoms with van der Waals surface area (Å²) in [6.45, 7) is 1.37. The number of nitrogens with two attached hydrogens (primary N) is 1. The van der Waals surface area contributed by atoms with Gasteiger partial charge in [0, 0.05) is 5.75 Å². The zero-order chi connectivity index (χ0) is 16.7. The smallest absolute Gasteiger partial charge is 0.330 e. The van der Waals surface area contributed by atoms with Crippen LogP contribution in [0.1, 0.15) is 6.92 Å². The molecule has 4 atom stereocenters. The van der Waals surface area contributed by atoms with Gasteiger partial charge >= 0.3 is 5.97 Å². The molecule has 0 aromatic heterocycles. The highest BCUT2D eigenvalue weighted by atomic mass is 35.6. The van der Waals surface area contributed by atoms with Crippen LogP contribution in [0, 0.1) is 10.7 Å². The van der Waals surface area contributed by atoms with Gasteiger partial charge < -0.3 is 15.4 Å².